The summed E-state index contributed by atoms with van der Waals surface area (Å²) in [4.78, 5) is 21.2. The van der Waals surface area contributed by atoms with Crippen molar-refractivity contribution in [1.82, 2.24) is 10.2 Å². The summed E-state index contributed by atoms with van der Waals surface area (Å²) in [6, 6.07) is 0. The van der Waals surface area contributed by atoms with Gasteiger partial charge in [-0.15, -0.1) is 0 Å². The first-order chi connectivity index (χ1) is 4.63. The van der Waals surface area contributed by atoms with Crippen LogP contribution in [0, 0.1) is 0 Å². The quantitative estimate of drug-likeness (QED) is 0.467. The molecule has 0 aromatic carbocycles. The number of H-pyrrole nitrogens is 2. The Labute approximate surface area is 55.7 Å². The van der Waals surface area contributed by atoms with Crippen molar-refractivity contribution in [3.8, 4) is 5.88 Å². The lowest BCUT2D eigenvalue weighted by atomic mass is 10.2. The molecule has 0 radical (unpaired) electrons. The van der Waals surface area contributed by atoms with Crippen molar-refractivity contribution in [1.29, 1.82) is 0 Å². The van der Waals surface area contributed by atoms with E-state index in [-0.39, 0.29) is 5.56 Å². The molecular weight excluding hydrogens is 136 g/mol. The van der Waals surface area contributed by atoms with Crippen LogP contribution in [-0.4, -0.2) is 21.1 Å². The molecule has 0 unspecified atom stereocenters. The van der Waals surface area contributed by atoms with Crippen LogP contribution < -0.4 is 5.56 Å². The second kappa shape index (κ2) is 2.02. The fourth-order valence-corrected chi connectivity index (χ4v) is 0.675. The largest absolute Gasteiger partial charge is 0.493 e. The van der Waals surface area contributed by atoms with E-state index >= 15 is 0 Å². The number of hydrogen-bond donors (Lipinski definition) is 3. The first-order valence-corrected chi connectivity index (χ1v) is 2.63. The third-order valence-electron chi connectivity index (χ3n) is 1.11. The number of ketones is 1. The van der Waals surface area contributed by atoms with E-state index in [1.807, 2.05) is 0 Å². The van der Waals surface area contributed by atoms with Gasteiger partial charge < -0.3 is 5.11 Å². The van der Waals surface area contributed by atoms with Gasteiger partial charge in [-0.2, -0.15) is 0 Å². The summed E-state index contributed by atoms with van der Waals surface area (Å²) in [6.07, 6.45) is 0. The third kappa shape index (κ3) is 0.812. The van der Waals surface area contributed by atoms with Gasteiger partial charge in [-0.1, -0.05) is 0 Å². The summed E-state index contributed by atoms with van der Waals surface area (Å²) < 4.78 is 0. The summed E-state index contributed by atoms with van der Waals surface area (Å²) >= 11 is 0. The minimum atomic E-state index is -0.593. The van der Waals surface area contributed by atoms with Crippen molar-refractivity contribution in [3.05, 3.63) is 15.9 Å². The van der Waals surface area contributed by atoms with Crippen LogP contribution in [0.4, 0.5) is 0 Å². The van der Waals surface area contributed by atoms with E-state index in [0.717, 1.165) is 0 Å². The molecule has 1 heterocycles. The summed E-state index contributed by atoms with van der Waals surface area (Å²) in [7, 11) is 0. The number of nitrogens with one attached hydrogen (secondary N) is 2. The molecule has 0 fully saturated rings. The average Bonchev–Trinajstić information content (AvgIpc) is 2.11. The number of rotatable bonds is 1. The Morgan fingerprint density at radius 1 is 1.50 bits per heavy atom. The zero-order valence-corrected chi connectivity index (χ0v) is 5.26. The van der Waals surface area contributed by atoms with Crippen molar-refractivity contribution in [2.45, 2.75) is 6.92 Å². The molecule has 0 bridgehead atoms. The van der Waals surface area contributed by atoms with Gasteiger partial charge in [0.25, 0.3) is 5.56 Å². The molecule has 1 aromatic heterocycles. The van der Waals surface area contributed by atoms with E-state index in [2.05, 4.69) is 10.2 Å². The highest BCUT2D eigenvalue weighted by molar-refractivity contribution is 5.95. The lowest BCUT2D eigenvalue weighted by Gasteiger charge is -1.84. The van der Waals surface area contributed by atoms with Crippen LogP contribution in [0.1, 0.15) is 17.3 Å². The smallest absolute Gasteiger partial charge is 0.278 e. The van der Waals surface area contributed by atoms with Gasteiger partial charge in [0.2, 0.25) is 5.88 Å². The zero-order valence-electron chi connectivity index (χ0n) is 5.26. The number of aromatic amines is 2. The highest BCUT2D eigenvalue weighted by atomic mass is 16.3. The second-order valence-corrected chi connectivity index (χ2v) is 1.86. The van der Waals surface area contributed by atoms with Gasteiger partial charge >= 0.3 is 0 Å². The molecule has 5 heteroatoms. The molecule has 0 aliphatic rings. The molecule has 0 aliphatic heterocycles. The van der Waals surface area contributed by atoms with E-state index in [1.54, 1.807) is 0 Å². The van der Waals surface area contributed by atoms with Gasteiger partial charge in [0.15, 0.2) is 5.78 Å². The molecule has 5 nitrogen and oxygen atoms in total. The molecule has 0 saturated heterocycles. The number of carbonyl (C=O) groups is 1. The molecule has 10 heavy (non-hydrogen) atoms. The maximum atomic E-state index is 10.6. The van der Waals surface area contributed by atoms with Gasteiger partial charge in [0.1, 0.15) is 5.56 Å². The SMILES string of the molecule is CC(=O)c1c(O)[nH][nH]c1=O. The van der Waals surface area contributed by atoms with E-state index < -0.39 is 17.2 Å². The van der Waals surface area contributed by atoms with Crippen molar-refractivity contribution in [2.24, 2.45) is 0 Å². The van der Waals surface area contributed by atoms with Crippen LogP contribution >= 0.6 is 0 Å². The molecule has 3 N–H and O–H groups in total. The van der Waals surface area contributed by atoms with Crippen LogP contribution in [0.15, 0.2) is 4.79 Å². The van der Waals surface area contributed by atoms with Crippen LogP contribution in [-0.2, 0) is 0 Å². The van der Waals surface area contributed by atoms with Crippen LogP contribution in [0.5, 0.6) is 5.88 Å². The summed E-state index contributed by atoms with van der Waals surface area (Å²) in [5.74, 6) is -0.863. The Hall–Kier alpha value is -1.52. The first kappa shape index (κ1) is 6.60. The Bertz CT molecular complexity index is 309. The molecule has 54 valence electrons. The highest BCUT2D eigenvalue weighted by Gasteiger charge is 2.12. The molecular formula is C5H6N2O3. The van der Waals surface area contributed by atoms with E-state index in [9.17, 15) is 9.59 Å². The maximum absolute atomic E-state index is 10.6. The Kier molecular flexibility index (Phi) is 1.33. The summed E-state index contributed by atoms with van der Waals surface area (Å²) in [6.45, 7) is 1.21. The van der Waals surface area contributed by atoms with Crippen molar-refractivity contribution >= 4 is 5.78 Å². The molecule has 0 aliphatic carbocycles. The molecule has 1 aromatic rings. The standard InChI is InChI=1S/C5H6N2O3/c1-2(8)3-4(9)6-7-5(3)10/h1H3,(H3,6,7,9,10). The van der Waals surface area contributed by atoms with E-state index in [1.165, 1.54) is 6.92 Å². The average molecular weight is 142 g/mol. The summed E-state index contributed by atoms with van der Waals surface area (Å²) in [5, 5.41) is 13.0. The minimum absolute atomic E-state index is 0.222. The molecule has 1 rings (SSSR count). The third-order valence-corrected chi connectivity index (χ3v) is 1.11. The second-order valence-electron chi connectivity index (χ2n) is 1.86. The topological polar surface area (TPSA) is 85.9 Å². The van der Waals surface area contributed by atoms with Gasteiger partial charge in [0.05, 0.1) is 0 Å². The summed E-state index contributed by atoms with van der Waals surface area (Å²) in [5.41, 5.74) is -0.815. The predicted molar refractivity (Wildman–Crippen MR) is 33.1 cm³/mol. The number of aromatic nitrogens is 2. The molecule has 0 saturated carbocycles. The van der Waals surface area contributed by atoms with Gasteiger partial charge in [0, 0.05) is 0 Å². The Morgan fingerprint density at radius 3 is 2.30 bits per heavy atom. The van der Waals surface area contributed by atoms with Crippen LogP contribution in [0.2, 0.25) is 0 Å². The Balaban J connectivity index is 3.37. The molecule has 0 amide bonds. The highest BCUT2D eigenvalue weighted by Crippen LogP contribution is 2.05. The van der Waals surface area contributed by atoms with Crippen molar-refractivity contribution in [2.75, 3.05) is 0 Å². The monoisotopic (exact) mass is 142 g/mol. The number of carbonyl (C=O) groups excluding carboxylic acids is 1. The molecule has 0 spiro atoms. The molecule has 0 atom stereocenters. The van der Waals surface area contributed by atoms with Gasteiger partial charge in [-0.05, 0) is 6.92 Å². The van der Waals surface area contributed by atoms with E-state index in [4.69, 9.17) is 5.11 Å². The lowest BCUT2D eigenvalue weighted by molar-refractivity contribution is 0.101. The number of hydrogen-bond acceptors (Lipinski definition) is 3. The lowest BCUT2D eigenvalue weighted by Crippen LogP contribution is -2.09. The first-order valence-electron chi connectivity index (χ1n) is 2.63. The number of Topliss-reactive ketones (excluding diaryl/α,β-unsaturated/α-hetero) is 1. The fraction of sp³-hybridized carbons (Fsp3) is 0.200. The normalized spacial score (nSPS) is 9.70. The minimum Gasteiger partial charge on any atom is -0.493 e. The zero-order chi connectivity index (χ0) is 7.72. The Morgan fingerprint density at radius 2 is 2.10 bits per heavy atom. The van der Waals surface area contributed by atoms with E-state index in [0.29, 0.717) is 0 Å². The van der Waals surface area contributed by atoms with Crippen LogP contribution in [0.25, 0.3) is 0 Å². The van der Waals surface area contributed by atoms with Gasteiger partial charge in [-0.25, -0.2) is 0 Å². The number of aromatic hydroxyl groups is 1. The van der Waals surface area contributed by atoms with Crippen LogP contribution in [0.3, 0.4) is 0 Å². The fourth-order valence-electron chi connectivity index (χ4n) is 0.675. The van der Waals surface area contributed by atoms with Crippen molar-refractivity contribution < 1.29 is 9.90 Å². The maximum Gasteiger partial charge on any atom is 0.278 e. The predicted octanol–water partition coefficient (Wildman–Crippen LogP) is -0.389. The van der Waals surface area contributed by atoms with Gasteiger partial charge in [-0.3, -0.25) is 19.8 Å². The van der Waals surface area contributed by atoms with Crippen molar-refractivity contribution in [3.63, 3.8) is 0 Å².